The van der Waals surface area contributed by atoms with Crippen molar-refractivity contribution >= 4 is 61.3 Å². The third kappa shape index (κ3) is 5.20. The Balaban J connectivity index is 1.41. The van der Waals surface area contributed by atoms with Gasteiger partial charge in [0.25, 0.3) is 11.2 Å². The van der Waals surface area contributed by atoms with Crippen molar-refractivity contribution < 1.29 is 18.8 Å². The number of halogens is 2. The molecule has 0 radical (unpaired) electrons. The fourth-order valence-corrected chi connectivity index (χ4v) is 4.92. The summed E-state index contributed by atoms with van der Waals surface area (Å²) < 4.78 is 19.0. The number of hydrogen-bond donors (Lipinski definition) is 0. The fraction of sp³-hybridized carbons (Fsp3) is 0.0345. The lowest BCUT2D eigenvalue weighted by Gasteiger charge is -2.12. The van der Waals surface area contributed by atoms with Gasteiger partial charge < -0.3 is 13.9 Å². The number of pyridine rings is 1. The van der Waals surface area contributed by atoms with Crippen LogP contribution in [0.15, 0.2) is 97.8 Å². The maximum Gasteiger partial charge on any atom is 0.287 e. The van der Waals surface area contributed by atoms with Crippen molar-refractivity contribution in [1.82, 2.24) is 14.6 Å². The SMILES string of the molecule is COc1cc(C=Nn2c(-c3cc4cc(Cl)ccc4o3)nc3ccccc3c2=O)cc(Br)c1Oc1ccc([N+](=O)[O-])cn1. The van der Waals surface area contributed by atoms with Crippen molar-refractivity contribution in [2.75, 3.05) is 7.11 Å². The molecule has 0 atom stereocenters. The first-order valence-corrected chi connectivity index (χ1v) is 13.4. The normalized spacial score (nSPS) is 11.4. The summed E-state index contributed by atoms with van der Waals surface area (Å²) in [7, 11) is 1.46. The molecule has 42 heavy (non-hydrogen) atoms. The molecule has 11 nitrogen and oxygen atoms in total. The molecule has 0 aliphatic carbocycles. The first kappa shape index (κ1) is 27.1. The summed E-state index contributed by atoms with van der Waals surface area (Å²) in [6, 6.07) is 20.0. The van der Waals surface area contributed by atoms with Crippen LogP contribution in [0, 0.1) is 10.1 Å². The van der Waals surface area contributed by atoms with Crippen LogP contribution in [0.1, 0.15) is 5.56 Å². The average Bonchev–Trinajstić information content (AvgIpc) is 3.41. The molecular formula is C29H17BrClN5O6. The lowest BCUT2D eigenvalue weighted by Crippen LogP contribution is -2.20. The largest absolute Gasteiger partial charge is 0.493 e. The number of nitrogens with zero attached hydrogens (tertiary/aromatic N) is 5. The summed E-state index contributed by atoms with van der Waals surface area (Å²) in [4.78, 5) is 32.6. The maximum absolute atomic E-state index is 13.6. The number of nitro groups is 1. The second kappa shape index (κ2) is 11.1. The highest BCUT2D eigenvalue weighted by molar-refractivity contribution is 9.10. The lowest BCUT2D eigenvalue weighted by atomic mass is 10.2. The van der Waals surface area contributed by atoms with E-state index in [1.165, 1.54) is 30.1 Å². The van der Waals surface area contributed by atoms with E-state index in [0.29, 0.717) is 48.8 Å². The molecule has 0 unspecified atom stereocenters. The fourth-order valence-electron chi connectivity index (χ4n) is 4.20. The molecule has 0 spiro atoms. The van der Waals surface area contributed by atoms with E-state index in [4.69, 9.17) is 25.5 Å². The first-order chi connectivity index (χ1) is 20.3. The van der Waals surface area contributed by atoms with Gasteiger partial charge in [-0.25, -0.2) is 9.97 Å². The first-order valence-electron chi connectivity index (χ1n) is 12.2. The average molecular weight is 647 g/mol. The van der Waals surface area contributed by atoms with Crippen molar-refractivity contribution in [3.8, 4) is 29.0 Å². The van der Waals surface area contributed by atoms with E-state index in [1.807, 2.05) is 0 Å². The number of fused-ring (bicyclic) bond motifs is 2. The van der Waals surface area contributed by atoms with Gasteiger partial charge in [-0.1, -0.05) is 23.7 Å². The summed E-state index contributed by atoms with van der Waals surface area (Å²) in [5.41, 5.74) is 1.09. The van der Waals surface area contributed by atoms with Crippen LogP contribution in [0.5, 0.6) is 17.4 Å². The molecule has 6 rings (SSSR count). The Labute approximate surface area is 249 Å². The predicted molar refractivity (Wildman–Crippen MR) is 161 cm³/mol. The molecule has 6 aromatic rings. The molecule has 0 saturated carbocycles. The number of methoxy groups -OCH3 is 1. The van der Waals surface area contributed by atoms with Gasteiger partial charge in [0.2, 0.25) is 11.7 Å². The lowest BCUT2D eigenvalue weighted by molar-refractivity contribution is -0.385. The van der Waals surface area contributed by atoms with E-state index in [1.54, 1.807) is 60.7 Å². The molecule has 13 heteroatoms. The zero-order chi connectivity index (χ0) is 29.4. The van der Waals surface area contributed by atoms with E-state index in [2.05, 4.69) is 31.0 Å². The molecule has 0 fully saturated rings. The number of aromatic nitrogens is 3. The monoisotopic (exact) mass is 645 g/mol. The van der Waals surface area contributed by atoms with Crippen LogP contribution in [-0.4, -0.2) is 32.9 Å². The quantitative estimate of drug-likeness (QED) is 0.101. The number of benzene rings is 3. The van der Waals surface area contributed by atoms with Crippen LogP contribution in [0.2, 0.25) is 5.02 Å². The Hall–Kier alpha value is -5.07. The molecule has 3 aromatic carbocycles. The molecule has 0 aliphatic rings. The van der Waals surface area contributed by atoms with E-state index in [0.717, 1.165) is 11.6 Å². The van der Waals surface area contributed by atoms with Crippen molar-refractivity contribution in [3.05, 3.63) is 115 Å². The molecule has 0 N–H and O–H groups in total. The highest BCUT2D eigenvalue weighted by atomic mass is 79.9. The van der Waals surface area contributed by atoms with E-state index >= 15 is 0 Å². The zero-order valence-electron chi connectivity index (χ0n) is 21.5. The van der Waals surface area contributed by atoms with Crippen molar-refractivity contribution in [2.45, 2.75) is 0 Å². The van der Waals surface area contributed by atoms with Crippen LogP contribution in [0.25, 0.3) is 33.5 Å². The second-order valence-electron chi connectivity index (χ2n) is 8.85. The Bertz CT molecular complexity index is 2090. The van der Waals surface area contributed by atoms with Gasteiger partial charge in [-0.2, -0.15) is 9.78 Å². The van der Waals surface area contributed by atoms with Gasteiger partial charge >= 0.3 is 0 Å². The summed E-state index contributed by atoms with van der Waals surface area (Å²) in [5.74, 6) is 1.29. The Morgan fingerprint density at radius 1 is 1.12 bits per heavy atom. The van der Waals surface area contributed by atoms with Crippen LogP contribution in [-0.2, 0) is 0 Å². The van der Waals surface area contributed by atoms with Gasteiger partial charge in [-0.15, -0.1) is 0 Å². The minimum absolute atomic E-state index is 0.131. The van der Waals surface area contributed by atoms with Gasteiger partial charge in [0.05, 0.1) is 33.6 Å². The van der Waals surface area contributed by atoms with Gasteiger partial charge in [0.15, 0.2) is 17.3 Å². The van der Waals surface area contributed by atoms with Crippen LogP contribution >= 0.6 is 27.5 Å². The third-order valence-electron chi connectivity index (χ3n) is 6.16. The number of hydrogen-bond acceptors (Lipinski definition) is 9. The highest BCUT2D eigenvalue weighted by Gasteiger charge is 2.18. The van der Waals surface area contributed by atoms with Crippen LogP contribution in [0.4, 0.5) is 5.69 Å². The smallest absolute Gasteiger partial charge is 0.287 e. The molecule has 208 valence electrons. The van der Waals surface area contributed by atoms with Crippen LogP contribution in [0.3, 0.4) is 0 Å². The summed E-state index contributed by atoms with van der Waals surface area (Å²) >= 11 is 9.63. The summed E-state index contributed by atoms with van der Waals surface area (Å²) in [6.07, 6.45) is 2.57. The van der Waals surface area contributed by atoms with E-state index < -0.39 is 4.92 Å². The molecule has 0 bridgehead atoms. The third-order valence-corrected chi connectivity index (χ3v) is 6.99. The van der Waals surface area contributed by atoms with Gasteiger partial charge in [0, 0.05) is 22.5 Å². The van der Waals surface area contributed by atoms with Crippen molar-refractivity contribution in [1.29, 1.82) is 0 Å². The summed E-state index contributed by atoms with van der Waals surface area (Å²) in [5, 5.41) is 17.1. The molecule has 3 aromatic heterocycles. The highest BCUT2D eigenvalue weighted by Crippen LogP contribution is 2.39. The van der Waals surface area contributed by atoms with Crippen LogP contribution < -0.4 is 15.0 Å². The standard InChI is InChI=1S/C29H17BrClN5O6/c1-40-24-11-16(10-21(30)27(24)42-26-9-7-19(15-32-26)36(38)39)14-33-35-28(34-22-5-3-2-4-20(22)29(35)37)25-13-17-12-18(31)6-8-23(17)41-25/h2-15H,1H3. The molecule has 0 amide bonds. The Morgan fingerprint density at radius 3 is 2.71 bits per heavy atom. The Morgan fingerprint density at radius 2 is 1.95 bits per heavy atom. The number of ether oxygens (including phenoxy) is 2. The number of para-hydroxylation sites is 1. The molecule has 3 heterocycles. The van der Waals surface area contributed by atoms with Gasteiger partial charge in [0.1, 0.15) is 11.8 Å². The summed E-state index contributed by atoms with van der Waals surface area (Å²) in [6.45, 7) is 0. The number of rotatable bonds is 7. The minimum atomic E-state index is -0.549. The number of furan rings is 1. The molecule has 0 saturated heterocycles. The maximum atomic E-state index is 13.6. The topological polar surface area (TPSA) is 135 Å². The van der Waals surface area contributed by atoms with Gasteiger partial charge in [-0.3, -0.25) is 14.9 Å². The zero-order valence-corrected chi connectivity index (χ0v) is 23.9. The molecule has 0 aliphatic heterocycles. The van der Waals surface area contributed by atoms with Crippen molar-refractivity contribution in [3.63, 3.8) is 0 Å². The minimum Gasteiger partial charge on any atom is -0.493 e. The second-order valence-corrected chi connectivity index (χ2v) is 10.1. The van der Waals surface area contributed by atoms with Gasteiger partial charge in [-0.05, 0) is 70.0 Å². The van der Waals surface area contributed by atoms with E-state index in [-0.39, 0.29) is 23.0 Å². The Kier molecular flexibility index (Phi) is 7.15. The van der Waals surface area contributed by atoms with E-state index in [9.17, 15) is 14.9 Å². The predicted octanol–water partition coefficient (Wildman–Crippen LogP) is 7.21. The molecular weight excluding hydrogens is 630 g/mol. The van der Waals surface area contributed by atoms with Crippen molar-refractivity contribution in [2.24, 2.45) is 5.10 Å².